The molecule has 0 fully saturated rings. The van der Waals surface area contributed by atoms with E-state index in [1.54, 1.807) is 0 Å². The van der Waals surface area contributed by atoms with Crippen molar-refractivity contribution in [1.82, 2.24) is 18.8 Å². The molecule has 4 heterocycles. The highest BCUT2D eigenvalue weighted by atomic mass is 16.5. The molecule has 7 aromatic carbocycles. The van der Waals surface area contributed by atoms with Gasteiger partial charge >= 0.3 is 0 Å². The second-order valence-corrected chi connectivity index (χ2v) is 15.4. The summed E-state index contributed by atoms with van der Waals surface area (Å²) in [6.07, 6.45) is 0. The Labute approximate surface area is 318 Å². The summed E-state index contributed by atoms with van der Waals surface area (Å²) in [5, 5.41) is 6.77. The number of nitrogens with zero attached hydrogens (tertiary/aromatic N) is 4. The Hall–Kier alpha value is -6.72. The fourth-order valence-corrected chi connectivity index (χ4v) is 8.93. The van der Waals surface area contributed by atoms with Gasteiger partial charge in [-0.25, -0.2) is 9.97 Å². The summed E-state index contributed by atoms with van der Waals surface area (Å²) in [6, 6.07) is 51.9. The molecule has 11 rings (SSSR count). The minimum atomic E-state index is 0.401. The normalized spacial score (nSPS) is 12.3. The van der Waals surface area contributed by atoms with E-state index in [-0.39, 0.29) is 0 Å². The maximum atomic E-state index is 6.77. The van der Waals surface area contributed by atoms with Crippen molar-refractivity contribution in [2.24, 2.45) is 0 Å². The highest BCUT2D eigenvalue weighted by molar-refractivity contribution is 6.16. The van der Waals surface area contributed by atoms with Gasteiger partial charge in [0, 0.05) is 21.5 Å². The van der Waals surface area contributed by atoms with Crippen LogP contribution in [0, 0.1) is 0 Å². The van der Waals surface area contributed by atoms with E-state index < -0.39 is 0 Å². The molecule has 0 N–H and O–H groups in total. The van der Waals surface area contributed by atoms with Gasteiger partial charge in [0.1, 0.15) is 22.8 Å². The Morgan fingerprint density at radius 2 is 0.927 bits per heavy atom. The predicted octanol–water partition coefficient (Wildman–Crippen LogP) is 13.6. The van der Waals surface area contributed by atoms with Gasteiger partial charge in [-0.05, 0) is 124 Å². The van der Waals surface area contributed by atoms with Gasteiger partial charge < -0.3 is 4.74 Å². The lowest BCUT2D eigenvalue weighted by atomic mass is 9.84. The molecular formula is C50H38N4O. The van der Waals surface area contributed by atoms with Crippen LogP contribution in [0.1, 0.15) is 50.7 Å². The first-order chi connectivity index (χ1) is 26.9. The molecule has 264 valence electrons. The van der Waals surface area contributed by atoms with Gasteiger partial charge in [-0.3, -0.25) is 8.80 Å². The second-order valence-electron chi connectivity index (χ2n) is 15.4. The van der Waals surface area contributed by atoms with Crippen LogP contribution in [0.2, 0.25) is 0 Å². The van der Waals surface area contributed by atoms with Crippen LogP contribution < -0.4 is 4.74 Å². The molecule has 0 radical (unpaired) electrons. The van der Waals surface area contributed by atoms with Crippen LogP contribution in [-0.4, -0.2) is 18.8 Å². The molecule has 11 aromatic rings. The zero-order valence-electron chi connectivity index (χ0n) is 31.2. The number of rotatable bonds is 5. The maximum Gasteiger partial charge on any atom is 0.146 e. The molecule has 0 saturated carbocycles. The predicted molar refractivity (Wildman–Crippen MR) is 229 cm³/mol. The van der Waals surface area contributed by atoms with Crippen LogP contribution in [0.5, 0.6) is 11.5 Å². The van der Waals surface area contributed by atoms with Gasteiger partial charge in [0.2, 0.25) is 0 Å². The third kappa shape index (κ3) is 4.72. The summed E-state index contributed by atoms with van der Waals surface area (Å²) in [4.78, 5) is 10.3. The van der Waals surface area contributed by atoms with Crippen molar-refractivity contribution in [3.05, 3.63) is 157 Å². The number of hydrogen-bond donors (Lipinski definition) is 0. The van der Waals surface area contributed by atoms with Gasteiger partial charge in [-0.15, -0.1) is 0 Å². The summed E-state index contributed by atoms with van der Waals surface area (Å²) in [7, 11) is 0. The van der Waals surface area contributed by atoms with Gasteiger partial charge in [0.05, 0.1) is 33.1 Å². The molecule has 0 saturated heterocycles. The van der Waals surface area contributed by atoms with Crippen molar-refractivity contribution in [1.29, 1.82) is 0 Å². The van der Waals surface area contributed by atoms with Crippen LogP contribution in [0.15, 0.2) is 146 Å². The minimum absolute atomic E-state index is 0.401. The zero-order chi connectivity index (χ0) is 36.9. The summed E-state index contributed by atoms with van der Waals surface area (Å²) >= 11 is 0. The van der Waals surface area contributed by atoms with E-state index in [4.69, 9.17) is 14.7 Å². The van der Waals surface area contributed by atoms with E-state index in [0.29, 0.717) is 11.8 Å². The molecule has 55 heavy (non-hydrogen) atoms. The number of aromatic nitrogens is 4. The molecule has 5 heteroatoms. The molecule has 0 atom stereocenters. The SMILES string of the molecule is CC(C)c1cccc(C(C)C)c1-c1ccc2c(c1)c1ccc(Oc3ccc4c5ccccc5n5c6ccccc6nc5c4c3)cc1c1nc3ccccc3n21. The van der Waals surface area contributed by atoms with Crippen molar-refractivity contribution in [2.45, 2.75) is 39.5 Å². The second kappa shape index (κ2) is 11.9. The molecule has 0 amide bonds. The van der Waals surface area contributed by atoms with Crippen LogP contribution >= 0.6 is 0 Å². The van der Waals surface area contributed by atoms with E-state index in [9.17, 15) is 0 Å². The maximum absolute atomic E-state index is 6.77. The van der Waals surface area contributed by atoms with Crippen LogP contribution in [0.4, 0.5) is 0 Å². The largest absolute Gasteiger partial charge is 0.457 e. The standard InChI is InChI=1S/C50H38N4O/c1-29(2)34-13-11-14-35(30(3)4)48(34)31-20-25-45-39(26-31)37-24-22-33(28-41(37)50-52-43-16-7-10-19-47(43)54(45)50)55-32-21-23-36-38-12-5-8-17-44(38)53-46-18-9-6-15-42(46)51-49(53)40(36)27-32/h5-30H,1-4H3. The molecule has 0 aliphatic carbocycles. The fraction of sp³-hybridized carbons (Fsp3) is 0.120. The number of fused-ring (bicyclic) bond motifs is 16. The topological polar surface area (TPSA) is 43.8 Å². The van der Waals surface area contributed by atoms with Crippen LogP contribution in [0.3, 0.4) is 0 Å². The number of imidazole rings is 2. The van der Waals surface area contributed by atoms with Crippen molar-refractivity contribution < 1.29 is 4.74 Å². The van der Waals surface area contributed by atoms with E-state index in [2.05, 4.69) is 176 Å². The number of para-hydroxylation sites is 5. The van der Waals surface area contributed by atoms with Gasteiger partial charge in [-0.2, -0.15) is 0 Å². The lowest BCUT2D eigenvalue weighted by Gasteiger charge is -2.21. The molecular weight excluding hydrogens is 673 g/mol. The van der Waals surface area contributed by atoms with Crippen LogP contribution in [-0.2, 0) is 0 Å². The quantitative estimate of drug-likeness (QED) is 0.167. The van der Waals surface area contributed by atoms with E-state index in [1.807, 2.05) is 6.07 Å². The zero-order valence-corrected chi connectivity index (χ0v) is 31.2. The van der Waals surface area contributed by atoms with Gasteiger partial charge in [0.15, 0.2) is 0 Å². The Kier molecular flexibility index (Phi) is 6.87. The van der Waals surface area contributed by atoms with E-state index in [0.717, 1.165) is 77.4 Å². The Morgan fingerprint density at radius 3 is 1.51 bits per heavy atom. The fourth-order valence-electron chi connectivity index (χ4n) is 8.93. The summed E-state index contributed by atoms with van der Waals surface area (Å²) in [5.41, 5.74) is 13.6. The molecule has 0 unspecified atom stereocenters. The number of ether oxygens (including phenoxy) is 1. The molecule has 0 spiro atoms. The summed E-state index contributed by atoms with van der Waals surface area (Å²) in [5.74, 6) is 2.32. The summed E-state index contributed by atoms with van der Waals surface area (Å²) < 4.78 is 11.4. The van der Waals surface area contributed by atoms with E-state index in [1.165, 1.54) is 33.0 Å². The van der Waals surface area contributed by atoms with Crippen LogP contribution in [0.25, 0.3) is 87.8 Å². The van der Waals surface area contributed by atoms with Gasteiger partial charge in [-0.1, -0.05) is 94.4 Å². The Balaban J connectivity index is 1.12. The molecule has 0 aliphatic heterocycles. The van der Waals surface area contributed by atoms with Crippen molar-refractivity contribution in [3.63, 3.8) is 0 Å². The third-order valence-corrected chi connectivity index (χ3v) is 11.4. The molecule has 0 bridgehead atoms. The Morgan fingerprint density at radius 1 is 0.418 bits per heavy atom. The van der Waals surface area contributed by atoms with E-state index >= 15 is 0 Å². The molecule has 0 aliphatic rings. The lowest BCUT2D eigenvalue weighted by molar-refractivity contribution is 0.484. The van der Waals surface area contributed by atoms with Crippen molar-refractivity contribution in [3.8, 4) is 22.6 Å². The van der Waals surface area contributed by atoms with Crippen molar-refractivity contribution in [2.75, 3.05) is 0 Å². The molecule has 5 nitrogen and oxygen atoms in total. The Bertz CT molecular complexity index is 3340. The lowest BCUT2D eigenvalue weighted by Crippen LogP contribution is -2.00. The monoisotopic (exact) mass is 710 g/mol. The highest BCUT2D eigenvalue weighted by Crippen LogP contribution is 2.42. The minimum Gasteiger partial charge on any atom is -0.457 e. The highest BCUT2D eigenvalue weighted by Gasteiger charge is 2.20. The average molecular weight is 711 g/mol. The van der Waals surface area contributed by atoms with Gasteiger partial charge in [0.25, 0.3) is 0 Å². The first-order valence-corrected chi connectivity index (χ1v) is 19.2. The summed E-state index contributed by atoms with van der Waals surface area (Å²) in [6.45, 7) is 9.17. The first kappa shape index (κ1) is 31.8. The average Bonchev–Trinajstić information content (AvgIpc) is 3.81. The van der Waals surface area contributed by atoms with Crippen molar-refractivity contribution >= 4 is 76.7 Å². The number of benzene rings is 7. The first-order valence-electron chi connectivity index (χ1n) is 19.2. The number of hydrogen-bond acceptors (Lipinski definition) is 3. The number of pyridine rings is 2. The molecule has 4 aromatic heterocycles. The smallest absolute Gasteiger partial charge is 0.146 e. The third-order valence-electron chi connectivity index (χ3n) is 11.4.